The highest BCUT2D eigenvalue weighted by Gasteiger charge is 2.48. The molecule has 26 heavy (non-hydrogen) atoms. The van der Waals surface area contributed by atoms with Crippen LogP contribution in [0.25, 0.3) is 0 Å². The molecule has 2 atom stereocenters. The number of nitrogens with one attached hydrogen (secondary N) is 2. The van der Waals surface area contributed by atoms with Gasteiger partial charge in [-0.25, -0.2) is 0 Å². The molecule has 0 radical (unpaired) electrons. The van der Waals surface area contributed by atoms with E-state index in [9.17, 15) is 22.8 Å². The Morgan fingerprint density at radius 3 is 2.58 bits per heavy atom. The van der Waals surface area contributed by atoms with Crippen molar-refractivity contribution < 1.29 is 27.2 Å². The van der Waals surface area contributed by atoms with E-state index in [2.05, 4.69) is 10.6 Å². The smallest absolute Gasteiger partial charge is 0.418 e. The van der Waals surface area contributed by atoms with E-state index in [0.29, 0.717) is 5.76 Å². The predicted molar refractivity (Wildman–Crippen MR) is 87.2 cm³/mol. The topological polar surface area (TPSA) is 71.3 Å². The second-order valence-electron chi connectivity index (χ2n) is 5.92. The zero-order chi connectivity index (χ0) is 18.9. The fraction of sp³-hybridized carbons (Fsp3) is 0.294. The summed E-state index contributed by atoms with van der Waals surface area (Å²) < 4.78 is 44.2. The van der Waals surface area contributed by atoms with E-state index in [-0.39, 0.29) is 29.6 Å². The minimum absolute atomic E-state index is 0.0862. The average molecular weight is 387 g/mol. The van der Waals surface area contributed by atoms with Gasteiger partial charge in [-0.2, -0.15) is 13.2 Å². The van der Waals surface area contributed by atoms with E-state index in [4.69, 9.17) is 16.0 Å². The molecular formula is C17H14ClF3N2O3. The summed E-state index contributed by atoms with van der Waals surface area (Å²) in [5, 5.41) is 4.79. The van der Waals surface area contributed by atoms with Gasteiger partial charge in [-0.3, -0.25) is 9.59 Å². The number of carbonyl (C=O) groups is 2. The number of benzene rings is 1. The van der Waals surface area contributed by atoms with Crippen molar-refractivity contribution in [1.82, 2.24) is 5.32 Å². The number of rotatable bonds is 5. The van der Waals surface area contributed by atoms with E-state index in [1.54, 1.807) is 12.1 Å². The third-order valence-corrected chi connectivity index (χ3v) is 4.26. The van der Waals surface area contributed by atoms with Crippen LogP contribution in [0.5, 0.6) is 0 Å². The van der Waals surface area contributed by atoms with Crippen molar-refractivity contribution in [3.8, 4) is 0 Å². The predicted octanol–water partition coefficient (Wildman–Crippen LogP) is 3.84. The summed E-state index contributed by atoms with van der Waals surface area (Å²) in [5.74, 6) is -1.63. The Morgan fingerprint density at radius 1 is 1.19 bits per heavy atom. The number of amides is 2. The summed E-state index contributed by atoms with van der Waals surface area (Å²) in [7, 11) is 0. The van der Waals surface area contributed by atoms with Gasteiger partial charge < -0.3 is 15.1 Å². The van der Waals surface area contributed by atoms with Crippen molar-refractivity contribution in [3.63, 3.8) is 0 Å². The highest BCUT2D eigenvalue weighted by atomic mass is 35.5. The summed E-state index contributed by atoms with van der Waals surface area (Å²) in [6.45, 7) is 0.187. The minimum Gasteiger partial charge on any atom is -0.467 e. The van der Waals surface area contributed by atoms with E-state index >= 15 is 0 Å². The quantitative estimate of drug-likeness (QED) is 0.820. The molecule has 0 saturated heterocycles. The molecule has 2 N–H and O–H groups in total. The van der Waals surface area contributed by atoms with Crippen molar-refractivity contribution in [1.29, 1.82) is 0 Å². The molecule has 1 aromatic heterocycles. The third-order valence-electron chi connectivity index (χ3n) is 4.03. The Hall–Kier alpha value is -2.48. The molecule has 1 aromatic carbocycles. The molecule has 9 heteroatoms. The monoisotopic (exact) mass is 386 g/mol. The number of hydrogen-bond donors (Lipinski definition) is 2. The number of furan rings is 1. The van der Waals surface area contributed by atoms with Crippen LogP contribution in [0.2, 0.25) is 5.02 Å². The molecule has 1 aliphatic carbocycles. The zero-order valence-electron chi connectivity index (χ0n) is 13.3. The van der Waals surface area contributed by atoms with Crippen LogP contribution in [0, 0.1) is 11.8 Å². The second-order valence-corrected chi connectivity index (χ2v) is 6.36. The first-order valence-corrected chi connectivity index (χ1v) is 8.11. The second kappa shape index (κ2) is 7.03. The fourth-order valence-electron chi connectivity index (χ4n) is 2.58. The lowest BCUT2D eigenvalue weighted by Gasteiger charge is -2.14. The van der Waals surface area contributed by atoms with Crippen LogP contribution in [-0.2, 0) is 22.3 Å². The van der Waals surface area contributed by atoms with Gasteiger partial charge in [-0.15, -0.1) is 0 Å². The summed E-state index contributed by atoms with van der Waals surface area (Å²) in [5.41, 5.74) is -1.41. The van der Waals surface area contributed by atoms with Crippen molar-refractivity contribution in [3.05, 3.63) is 52.9 Å². The first-order chi connectivity index (χ1) is 12.3. The standard InChI is InChI=1S/C17H14ClF3N2O3/c18-9-3-4-14(13(6-9)17(19,20)21)23-16(25)12-7-11(12)15(24)22-8-10-2-1-5-26-10/h1-6,11-12H,7-8H2,(H,22,24)(H,23,25). The summed E-state index contributed by atoms with van der Waals surface area (Å²) in [4.78, 5) is 24.2. The Bertz CT molecular complexity index is 821. The molecule has 1 aliphatic rings. The van der Waals surface area contributed by atoms with Crippen LogP contribution < -0.4 is 10.6 Å². The van der Waals surface area contributed by atoms with Gasteiger partial charge in [0.15, 0.2) is 0 Å². The molecule has 138 valence electrons. The molecule has 0 aliphatic heterocycles. The van der Waals surface area contributed by atoms with E-state index in [1.807, 2.05) is 0 Å². The molecule has 3 rings (SSSR count). The van der Waals surface area contributed by atoms with Gasteiger partial charge in [0, 0.05) is 5.02 Å². The van der Waals surface area contributed by atoms with Crippen LogP contribution in [0.15, 0.2) is 41.0 Å². The fourth-order valence-corrected chi connectivity index (χ4v) is 2.75. The maximum atomic E-state index is 13.1. The summed E-state index contributed by atoms with van der Waals surface area (Å²) in [6.07, 6.45) is -2.90. The van der Waals surface area contributed by atoms with Crippen LogP contribution in [0.1, 0.15) is 17.7 Å². The molecule has 2 unspecified atom stereocenters. The molecule has 2 aromatic rings. The highest BCUT2D eigenvalue weighted by Crippen LogP contribution is 2.41. The van der Waals surface area contributed by atoms with Gasteiger partial charge in [-0.05, 0) is 36.8 Å². The van der Waals surface area contributed by atoms with Gasteiger partial charge in [0.1, 0.15) is 5.76 Å². The number of carbonyl (C=O) groups excluding carboxylic acids is 2. The van der Waals surface area contributed by atoms with E-state index in [1.165, 1.54) is 12.3 Å². The van der Waals surface area contributed by atoms with Crippen molar-refractivity contribution in [2.45, 2.75) is 19.1 Å². The highest BCUT2D eigenvalue weighted by molar-refractivity contribution is 6.30. The molecule has 1 saturated carbocycles. The molecule has 5 nitrogen and oxygen atoms in total. The van der Waals surface area contributed by atoms with Crippen LogP contribution in [0.3, 0.4) is 0 Å². The van der Waals surface area contributed by atoms with Crippen molar-refractivity contribution in [2.75, 3.05) is 5.32 Å². The Morgan fingerprint density at radius 2 is 1.92 bits per heavy atom. The summed E-state index contributed by atoms with van der Waals surface area (Å²) in [6, 6.07) is 6.47. The van der Waals surface area contributed by atoms with Gasteiger partial charge >= 0.3 is 6.18 Å². The SMILES string of the molecule is O=C(NCc1ccco1)C1CC1C(=O)Nc1ccc(Cl)cc1C(F)(F)F. The first kappa shape index (κ1) is 18.3. The van der Waals surface area contributed by atoms with Crippen LogP contribution in [-0.4, -0.2) is 11.8 Å². The molecule has 2 amide bonds. The molecule has 0 bridgehead atoms. The van der Waals surface area contributed by atoms with Crippen LogP contribution in [0.4, 0.5) is 18.9 Å². The molecule has 1 fully saturated rings. The van der Waals surface area contributed by atoms with Gasteiger partial charge in [0.2, 0.25) is 11.8 Å². The van der Waals surface area contributed by atoms with E-state index < -0.39 is 29.5 Å². The van der Waals surface area contributed by atoms with Gasteiger partial charge in [0.05, 0.1) is 35.9 Å². The largest absolute Gasteiger partial charge is 0.467 e. The lowest BCUT2D eigenvalue weighted by Crippen LogP contribution is -2.27. The molecular weight excluding hydrogens is 373 g/mol. The zero-order valence-corrected chi connectivity index (χ0v) is 14.0. The van der Waals surface area contributed by atoms with Gasteiger partial charge in [-0.1, -0.05) is 11.6 Å². The lowest BCUT2D eigenvalue weighted by molar-refractivity contribution is -0.137. The first-order valence-electron chi connectivity index (χ1n) is 7.73. The number of hydrogen-bond acceptors (Lipinski definition) is 3. The number of anilines is 1. The van der Waals surface area contributed by atoms with E-state index in [0.717, 1.165) is 12.1 Å². The van der Waals surface area contributed by atoms with Gasteiger partial charge in [0.25, 0.3) is 0 Å². The maximum Gasteiger partial charge on any atom is 0.418 e. The van der Waals surface area contributed by atoms with Crippen molar-refractivity contribution >= 4 is 29.1 Å². The number of alkyl halides is 3. The normalized spacial score (nSPS) is 19.1. The van der Waals surface area contributed by atoms with Crippen molar-refractivity contribution in [2.24, 2.45) is 11.8 Å². The molecule has 0 spiro atoms. The maximum absolute atomic E-state index is 13.1. The Labute approximate surface area is 151 Å². The van der Waals surface area contributed by atoms with Crippen LogP contribution >= 0.6 is 11.6 Å². The number of halogens is 4. The average Bonchev–Trinajstić information content (AvgIpc) is 3.21. The Balaban J connectivity index is 1.59. The lowest BCUT2D eigenvalue weighted by atomic mass is 10.1. The third kappa shape index (κ3) is 4.19. The summed E-state index contributed by atoms with van der Waals surface area (Å²) >= 11 is 5.60. The Kier molecular flexibility index (Phi) is 4.95. The minimum atomic E-state index is -4.66. The molecule has 1 heterocycles.